The van der Waals surface area contributed by atoms with Gasteiger partial charge in [0.05, 0.1) is 13.6 Å². The first kappa shape index (κ1) is 10.1. The van der Waals surface area contributed by atoms with Gasteiger partial charge in [0.1, 0.15) is 18.6 Å². The van der Waals surface area contributed by atoms with E-state index >= 15 is 0 Å². The number of nitrogens with zero attached hydrogens (tertiary/aromatic N) is 3. The van der Waals surface area contributed by atoms with Crippen molar-refractivity contribution in [2.45, 2.75) is 6.23 Å². The maximum Gasteiger partial charge on any atom is 0.415 e. The van der Waals surface area contributed by atoms with Gasteiger partial charge >= 0.3 is 6.03 Å². The fraction of sp³-hybridized carbons (Fsp3) is 0.556. The zero-order valence-electron chi connectivity index (χ0n) is 8.63. The van der Waals surface area contributed by atoms with E-state index in [2.05, 4.69) is 5.32 Å². The number of carbonyl (C=O) groups is 1. The highest BCUT2D eigenvalue weighted by Gasteiger charge is 2.25. The molecule has 0 aliphatic carbocycles. The zero-order chi connectivity index (χ0) is 10.8. The molecule has 1 aromatic rings. The van der Waals surface area contributed by atoms with Crippen LogP contribution in [-0.4, -0.2) is 46.5 Å². The molecule has 1 aliphatic heterocycles. The predicted molar refractivity (Wildman–Crippen MR) is 52.0 cm³/mol. The molecule has 0 spiro atoms. The van der Waals surface area contributed by atoms with E-state index in [4.69, 9.17) is 0 Å². The molecule has 6 heteroatoms. The molecule has 2 N–H and O–H groups in total. The number of aryl methyl sites for hydroxylation is 1. The summed E-state index contributed by atoms with van der Waals surface area (Å²) >= 11 is 0. The third-order valence-corrected chi connectivity index (χ3v) is 2.42. The van der Waals surface area contributed by atoms with Gasteiger partial charge in [-0.1, -0.05) is 0 Å². The summed E-state index contributed by atoms with van der Waals surface area (Å²) in [6.07, 6.45) is 4.59. The molecule has 6 nitrogen and oxygen atoms in total. The van der Waals surface area contributed by atoms with Crippen molar-refractivity contribution in [2.24, 2.45) is 7.05 Å². The minimum atomic E-state index is -0.619. The van der Waals surface area contributed by atoms with Gasteiger partial charge in [0.15, 0.2) is 0 Å². The average molecular weight is 211 g/mol. The number of nitrogens with one attached hydrogen (secondary N) is 1. The van der Waals surface area contributed by atoms with Crippen molar-refractivity contribution in [2.75, 3.05) is 19.6 Å². The Hall–Kier alpha value is -1.40. The topological polar surface area (TPSA) is 61.4 Å². The Balaban J connectivity index is 2.07. The molecule has 1 unspecified atom stereocenters. The number of carbonyl (C=O) groups excluding carboxylic acids is 1. The van der Waals surface area contributed by atoms with Crippen LogP contribution in [0.15, 0.2) is 18.7 Å². The van der Waals surface area contributed by atoms with Gasteiger partial charge in [-0.15, -0.1) is 0 Å². The molecule has 1 aromatic heterocycles. The fourth-order valence-electron chi connectivity index (χ4n) is 1.63. The molecule has 1 atom stereocenters. The lowest BCUT2D eigenvalue weighted by Gasteiger charge is -2.28. The third-order valence-electron chi connectivity index (χ3n) is 2.42. The van der Waals surface area contributed by atoms with Crippen LogP contribution in [0.3, 0.4) is 0 Å². The van der Waals surface area contributed by atoms with Gasteiger partial charge in [0.25, 0.3) is 6.33 Å². The van der Waals surface area contributed by atoms with Crippen LogP contribution >= 0.6 is 0 Å². The van der Waals surface area contributed by atoms with Crippen molar-refractivity contribution >= 4 is 6.03 Å². The van der Waals surface area contributed by atoms with Crippen molar-refractivity contribution in [1.29, 1.82) is 0 Å². The standard InChI is InChI=1S/C9H15N4O2/c1-11-4-5-13(7-11)9(15)12-3-2-10-8(14)6-12/h4-5,7-8,10,14H,2-3,6H2,1H3/q+1. The molecule has 1 fully saturated rings. The minimum Gasteiger partial charge on any atom is -0.377 e. The maximum atomic E-state index is 11.9. The largest absolute Gasteiger partial charge is 0.415 e. The first-order chi connectivity index (χ1) is 7.16. The molecule has 0 aromatic carbocycles. The Labute approximate surface area is 87.7 Å². The Kier molecular flexibility index (Phi) is 2.70. The van der Waals surface area contributed by atoms with Crippen molar-refractivity contribution in [3.63, 3.8) is 0 Å². The van der Waals surface area contributed by atoms with Gasteiger partial charge in [-0.3, -0.25) is 10.2 Å². The second-order valence-corrected chi connectivity index (χ2v) is 3.68. The summed E-state index contributed by atoms with van der Waals surface area (Å²) in [4.78, 5) is 13.5. The van der Waals surface area contributed by atoms with E-state index in [1.807, 2.05) is 7.05 Å². The molecule has 0 radical (unpaired) electrons. The van der Waals surface area contributed by atoms with Gasteiger partial charge in [-0.25, -0.2) is 9.36 Å². The number of β-amino-alcohol motifs (C(OH)–C–C–N with tert-alkyl or cyclic N) is 1. The van der Waals surface area contributed by atoms with Crippen molar-refractivity contribution in [1.82, 2.24) is 14.8 Å². The Morgan fingerprint density at radius 3 is 3.07 bits per heavy atom. The SMILES string of the molecule is C[n+]1ccn(C(=O)N2CCNC(O)C2)c1. The number of imidazole rings is 1. The Morgan fingerprint density at radius 1 is 1.67 bits per heavy atom. The van der Waals surface area contributed by atoms with E-state index in [0.29, 0.717) is 19.6 Å². The monoisotopic (exact) mass is 211 g/mol. The van der Waals surface area contributed by atoms with E-state index in [-0.39, 0.29) is 6.03 Å². The quantitative estimate of drug-likeness (QED) is 0.514. The summed E-state index contributed by atoms with van der Waals surface area (Å²) in [6.45, 7) is 1.58. The molecule has 0 saturated carbocycles. The average Bonchev–Trinajstić information content (AvgIpc) is 2.64. The first-order valence-electron chi connectivity index (χ1n) is 4.91. The number of rotatable bonds is 0. The lowest BCUT2D eigenvalue weighted by atomic mass is 10.3. The molecule has 82 valence electrons. The number of aliphatic hydroxyl groups is 1. The minimum absolute atomic E-state index is 0.101. The van der Waals surface area contributed by atoms with E-state index < -0.39 is 6.23 Å². The number of piperazine rings is 1. The molecule has 1 saturated heterocycles. The van der Waals surface area contributed by atoms with Crippen molar-refractivity contribution < 1.29 is 14.5 Å². The highest BCUT2D eigenvalue weighted by atomic mass is 16.3. The van der Waals surface area contributed by atoms with Crippen LogP contribution in [0, 0.1) is 0 Å². The van der Waals surface area contributed by atoms with E-state index in [0.717, 1.165) is 0 Å². The highest BCUT2D eigenvalue weighted by molar-refractivity contribution is 5.76. The van der Waals surface area contributed by atoms with Crippen LogP contribution < -0.4 is 9.88 Å². The van der Waals surface area contributed by atoms with E-state index in [1.54, 1.807) is 28.2 Å². The lowest BCUT2D eigenvalue weighted by molar-refractivity contribution is -0.670. The number of aromatic nitrogens is 2. The second kappa shape index (κ2) is 4.00. The van der Waals surface area contributed by atoms with E-state index in [9.17, 15) is 9.90 Å². The molecule has 1 amide bonds. The smallest absolute Gasteiger partial charge is 0.377 e. The summed E-state index contributed by atoms with van der Waals surface area (Å²) in [6, 6.07) is -0.101. The maximum absolute atomic E-state index is 11.9. The van der Waals surface area contributed by atoms with Crippen LogP contribution in [0.2, 0.25) is 0 Å². The first-order valence-corrected chi connectivity index (χ1v) is 4.91. The molecule has 2 rings (SSSR count). The molecular formula is C9H15N4O2+. The lowest BCUT2D eigenvalue weighted by Crippen LogP contribution is -2.53. The normalized spacial score (nSPS) is 21.7. The number of hydrogen-bond acceptors (Lipinski definition) is 3. The molecule has 1 aliphatic rings. The number of amides is 1. The molecule has 0 bridgehead atoms. The van der Waals surface area contributed by atoms with Crippen LogP contribution in [0.5, 0.6) is 0 Å². The summed E-state index contributed by atoms with van der Waals surface area (Å²) in [5.74, 6) is 0. The summed E-state index contributed by atoms with van der Waals surface area (Å²) in [7, 11) is 1.86. The van der Waals surface area contributed by atoms with Gasteiger partial charge in [-0.05, 0) is 0 Å². The molecule has 15 heavy (non-hydrogen) atoms. The van der Waals surface area contributed by atoms with Crippen LogP contribution in [0.25, 0.3) is 0 Å². The van der Waals surface area contributed by atoms with E-state index in [1.165, 1.54) is 4.57 Å². The molecular weight excluding hydrogens is 196 g/mol. The van der Waals surface area contributed by atoms with Gasteiger partial charge < -0.3 is 5.11 Å². The predicted octanol–water partition coefficient (Wildman–Crippen LogP) is -1.50. The Morgan fingerprint density at radius 2 is 2.47 bits per heavy atom. The third kappa shape index (κ3) is 2.16. The Bertz CT molecular complexity index is 363. The zero-order valence-corrected chi connectivity index (χ0v) is 8.63. The fourth-order valence-corrected chi connectivity index (χ4v) is 1.63. The number of hydrogen-bond donors (Lipinski definition) is 2. The van der Waals surface area contributed by atoms with Crippen LogP contribution in [0.1, 0.15) is 0 Å². The molecule has 2 heterocycles. The van der Waals surface area contributed by atoms with Crippen molar-refractivity contribution in [3.05, 3.63) is 18.7 Å². The summed E-state index contributed by atoms with van der Waals surface area (Å²) in [5.41, 5.74) is 0. The van der Waals surface area contributed by atoms with Crippen molar-refractivity contribution in [3.8, 4) is 0 Å². The van der Waals surface area contributed by atoms with Crippen LogP contribution in [-0.2, 0) is 7.05 Å². The van der Waals surface area contributed by atoms with Gasteiger partial charge in [0.2, 0.25) is 0 Å². The highest BCUT2D eigenvalue weighted by Crippen LogP contribution is 2.00. The van der Waals surface area contributed by atoms with Gasteiger partial charge in [0, 0.05) is 13.1 Å². The summed E-state index contributed by atoms with van der Waals surface area (Å²) in [5, 5.41) is 12.2. The number of aliphatic hydroxyl groups excluding tert-OH is 1. The van der Waals surface area contributed by atoms with Crippen LogP contribution in [0.4, 0.5) is 4.79 Å². The summed E-state index contributed by atoms with van der Waals surface area (Å²) < 4.78 is 3.31. The second-order valence-electron chi connectivity index (χ2n) is 3.68. The van der Waals surface area contributed by atoms with Gasteiger partial charge in [-0.2, -0.15) is 4.57 Å².